The number of ether oxygens (including phenoxy) is 1. The molecule has 1 saturated carbocycles. The molecule has 3 aliphatic rings. The number of nitrogens with zero attached hydrogens (tertiary/aromatic N) is 2. The minimum atomic E-state index is -0.227. The summed E-state index contributed by atoms with van der Waals surface area (Å²) in [6.07, 6.45) is 6.63. The van der Waals surface area contributed by atoms with Crippen LogP contribution >= 0.6 is 15.9 Å². The van der Waals surface area contributed by atoms with Gasteiger partial charge in [0.1, 0.15) is 12.4 Å². The molecule has 5 nitrogen and oxygen atoms in total. The summed E-state index contributed by atoms with van der Waals surface area (Å²) in [7, 11) is 0. The van der Waals surface area contributed by atoms with Crippen LogP contribution in [0.3, 0.4) is 0 Å². The number of hydrazone groups is 1. The molecule has 2 aromatic rings. The SMILES string of the molecule is O=C1[C@@H]2[C@H](C(=O)N1/N=C\c1ccc(OCc3ccccc3)c(Br)c1)[C@H]1C=C[C@H]2C1. The predicted octanol–water partition coefficient (Wildman–Crippen LogP) is 4.17. The number of benzene rings is 2. The summed E-state index contributed by atoms with van der Waals surface area (Å²) in [4.78, 5) is 25.4. The van der Waals surface area contributed by atoms with Crippen molar-refractivity contribution in [3.8, 4) is 5.75 Å². The molecule has 0 N–H and O–H groups in total. The molecule has 1 aliphatic heterocycles. The Bertz CT molecular complexity index is 1000. The van der Waals surface area contributed by atoms with Crippen LogP contribution in [0.25, 0.3) is 0 Å². The zero-order chi connectivity index (χ0) is 20.0. The molecule has 2 amide bonds. The number of allylic oxidation sites excluding steroid dienone is 2. The van der Waals surface area contributed by atoms with E-state index < -0.39 is 0 Å². The van der Waals surface area contributed by atoms with Crippen molar-refractivity contribution >= 4 is 34.0 Å². The number of hydrogen-bond acceptors (Lipinski definition) is 4. The van der Waals surface area contributed by atoms with Crippen LogP contribution < -0.4 is 4.74 Å². The van der Waals surface area contributed by atoms with Gasteiger partial charge in [-0.05, 0) is 63.5 Å². The number of imide groups is 1. The molecule has 0 radical (unpaired) electrons. The van der Waals surface area contributed by atoms with Crippen LogP contribution in [0.4, 0.5) is 0 Å². The van der Waals surface area contributed by atoms with Gasteiger partial charge in [-0.3, -0.25) is 9.59 Å². The van der Waals surface area contributed by atoms with Crippen molar-refractivity contribution in [2.45, 2.75) is 13.0 Å². The fourth-order valence-corrected chi connectivity index (χ4v) is 5.09. The van der Waals surface area contributed by atoms with Crippen LogP contribution in [0.2, 0.25) is 0 Å². The van der Waals surface area contributed by atoms with Crippen molar-refractivity contribution in [1.29, 1.82) is 0 Å². The summed E-state index contributed by atoms with van der Waals surface area (Å²) in [6.45, 7) is 0.475. The molecule has 2 bridgehead atoms. The van der Waals surface area contributed by atoms with Gasteiger partial charge in [0, 0.05) is 0 Å². The average Bonchev–Trinajstić information content (AvgIpc) is 3.41. The third-order valence-corrected chi connectivity index (χ3v) is 6.58. The lowest BCUT2D eigenvalue weighted by Crippen LogP contribution is -2.28. The number of halogens is 1. The monoisotopic (exact) mass is 450 g/mol. The zero-order valence-corrected chi connectivity index (χ0v) is 17.2. The second-order valence-electron chi connectivity index (χ2n) is 7.70. The van der Waals surface area contributed by atoms with Crippen molar-refractivity contribution in [3.63, 3.8) is 0 Å². The van der Waals surface area contributed by atoms with Crippen LogP contribution in [0.1, 0.15) is 17.5 Å². The summed E-state index contributed by atoms with van der Waals surface area (Å²) in [5.41, 5.74) is 1.87. The molecule has 29 heavy (non-hydrogen) atoms. The molecule has 1 saturated heterocycles. The number of rotatable bonds is 5. The smallest absolute Gasteiger partial charge is 0.254 e. The highest BCUT2D eigenvalue weighted by Crippen LogP contribution is 2.52. The lowest BCUT2D eigenvalue weighted by atomic mass is 9.85. The first-order chi connectivity index (χ1) is 14.1. The quantitative estimate of drug-likeness (QED) is 0.390. The van der Waals surface area contributed by atoms with Gasteiger partial charge in [-0.2, -0.15) is 10.1 Å². The average molecular weight is 451 g/mol. The second kappa shape index (κ2) is 7.26. The van der Waals surface area contributed by atoms with Gasteiger partial charge in [-0.25, -0.2) is 0 Å². The van der Waals surface area contributed by atoms with E-state index in [9.17, 15) is 9.59 Å². The van der Waals surface area contributed by atoms with Gasteiger partial charge in [-0.1, -0.05) is 42.5 Å². The third kappa shape index (κ3) is 3.21. The largest absolute Gasteiger partial charge is 0.488 e. The van der Waals surface area contributed by atoms with Gasteiger partial charge in [0.15, 0.2) is 0 Å². The molecular weight excluding hydrogens is 432 g/mol. The van der Waals surface area contributed by atoms with Crippen LogP contribution in [0, 0.1) is 23.7 Å². The Morgan fingerprint density at radius 2 is 1.72 bits per heavy atom. The maximum absolute atomic E-state index is 12.7. The van der Waals surface area contributed by atoms with E-state index >= 15 is 0 Å². The van der Waals surface area contributed by atoms with E-state index in [0.29, 0.717) is 6.61 Å². The van der Waals surface area contributed by atoms with Crippen LogP contribution in [0.5, 0.6) is 5.75 Å². The first-order valence-corrected chi connectivity index (χ1v) is 10.5. The number of amides is 2. The van der Waals surface area contributed by atoms with E-state index in [0.717, 1.165) is 32.8 Å². The Balaban J connectivity index is 1.27. The molecule has 0 aromatic heterocycles. The summed E-state index contributed by atoms with van der Waals surface area (Å²) in [6, 6.07) is 15.5. The van der Waals surface area contributed by atoms with Gasteiger partial charge >= 0.3 is 0 Å². The fraction of sp³-hybridized carbons (Fsp3) is 0.261. The summed E-state index contributed by atoms with van der Waals surface area (Å²) in [5, 5.41) is 5.28. The molecule has 146 valence electrons. The Morgan fingerprint density at radius 1 is 1.03 bits per heavy atom. The van der Waals surface area contributed by atoms with Gasteiger partial charge < -0.3 is 4.74 Å². The number of fused-ring (bicyclic) bond motifs is 5. The Morgan fingerprint density at radius 3 is 2.38 bits per heavy atom. The molecular formula is C23H19BrN2O3. The van der Waals surface area contributed by atoms with Crippen molar-refractivity contribution in [2.75, 3.05) is 0 Å². The van der Waals surface area contributed by atoms with Crippen molar-refractivity contribution in [2.24, 2.45) is 28.8 Å². The highest BCUT2D eigenvalue weighted by Gasteiger charge is 2.59. The predicted molar refractivity (Wildman–Crippen MR) is 112 cm³/mol. The highest BCUT2D eigenvalue weighted by molar-refractivity contribution is 9.10. The molecule has 2 fully saturated rings. The van der Waals surface area contributed by atoms with Crippen molar-refractivity contribution in [3.05, 3.63) is 76.3 Å². The van der Waals surface area contributed by atoms with Crippen LogP contribution in [0.15, 0.2) is 70.3 Å². The molecule has 2 aliphatic carbocycles. The first-order valence-electron chi connectivity index (χ1n) is 9.68. The number of carbonyl (C=O) groups excluding carboxylic acids is 2. The Hall–Kier alpha value is -2.73. The zero-order valence-electron chi connectivity index (χ0n) is 15.6. The Kier molecular flexibility index (Phi) is 4.59. The number of carbonyl (C=O) groups is 2. The minimum Gasteiger partial charge on any atom is -0.488 e. The minimum absolute atomic E-state index is 0.171. The van der Waals surface area contributed by atoms with E-state index in [-0.39, 0.29) is 35.5 Å². The van der Waals surface area contributed by atoms with E-state index in [4.69, 9.17) is 4.74 Å². The fourth-order valence-electron chi connectivity index (χ4n) is 4.57. The molecule has 2 aromatic carbocycles. The maximum Gasteiger partial charge on any atom is 0.254 e. The van der Waals surface area contributed by atoms with Crippen molar-refractivity contribution < 1.29 is 14.3 Å². The molecule has 6 heteroatoms. The highest BCUT2D eigenvalue weighted by atomic mass is 79.9. The third-order valence-electron chi connectivity index (χ3n) is 5.96. The summed E-state index contributed by atoms with van der Waals surface area (Å²) >= 11 is 3.52. The van der Waals surface area contributed by atoms with E-state index in [1.54, 1.807) is 6.21 Å². The molecule has 5 rings (SSSR count). The van der Waals surface area contributed by atoms with E-state index in [1.807, 2.05) is 48.5 Å². The normalized spacial score (nSPS) is 27.3. The van der Waals surface area contributed by atoms with Crippen molar-refractivity contribution in [1.82, 2.24) is 5.01 Å². The van der Waals surface area contributed by atoms with E-state index in [2.05, 4.69) is 33.2 Å². The van der Waals surface area contributed by atoms with Crippen LogP contribution in [-0.4, -0.2) is 23.0 Å². The standard InChI is InChI=1S/C23H19BrN2O3/c24-18-10-15(6-9-19(18)29-13-14-4-2-1-3-5-14)12-25-26-22(27)20-16-7-8-17(11-16)21(20)23(26)28/h1-10,12,16-17,20-21H,11,13H2/b25-12-/t16-,17-,20-,21+/m0/s1. The van der Waals surface area contributed by atoms with Gasteiger partial charge in [0.05, 0.1) is 22.5 Å². The molecule has 1 heterocycles. The van der Waals surface area contributed by atoms with Gasteiger partial charge in [0.2, 0.25) is 0 Å². The topological polar surface area (TPSA) is 59.0 Å². The Labute approximate surface area is 177 Å². The molecule has 4 atom stereocenters. The summed E-state index contributed by atoms with van der Waals surface area (Å²) < 4.78 is 6.64. The molecule has 0 spiro atoms. The lowest BCUT2D eigenvalue weighted by molar-refractivity contribution is -0.140. The lowest BCUT2D eigenvalue weighted by Gasteiger charge is -2.13. The van der Waals surface area contributed by atoms with Crippen LogP contribution in [-0.2, 0) is 16.2 Å². The second-order valence-corrected chi connectivity index (χ2v) is 8.55. The number of hydrogen-bond donors (Lipinski definition) is 0. The van der Waals surface area contributed by atoms with Gasteiger partial charge in [-0.15, -0.1) is 0 Å². The van der Waals surface area contributed by atoms with E-state index in [1.165, 1.54) is 0 Å². The molecule has 0 unspecified atom stereocenters. The first kappa shape index (κ1) is 18.3. The summed E-state index contributed by atoms with van der Waals surface area (Å²) in [5.74, 6) is 0.306. The van der Waals surface area contributed by atoms with Gasteiger partial charge in [0.25, 0.3) is 11.8 Å². The maximum atomic E-state index is 12.7.